The first kappa shape index (κ1) is 19.6. The molecule has 5 heteroatoms. The van der Waals surface area contributed by atoms with E-state index in [0.29, 0.717) is 29.2 Å². The highest BCUT2D eigenvalue weighted by molar-refractivity contribution is 6.14. The van der Waals surface area contributed by atoms with Gasteiger partial charge in [-0.05, 0) is 60.5 Å². The minimum absolute atomic E-state index is 0.0871. The maximum atomic E-state index is 13.0. The molecule has 0 N–H and O–H groups in total. The minimum Gasteiger partial charge on any atom is -0.494 e. The van der Waals surface area contributed by atoms with Gasteiger partial charge in [0.05, 0.1) is 12.2 Å². The minimum atomic E-state index is -0.371. The zero-order chi connectivity index (χ0) is 21.1. The van der Waals surface area contributed by atoms with Crippen molar-refractivity contribution in [2.24, 2.45) is 0 Å². The fraction of sp³-hybridized carbons (Fsp3) is 0.120. The summed E-state index contributed by atoms with van der Waals surface area (Å²) < 4.78 is 24.2. The molecule has 0 fully saturated rings. The monoisotopic (exact) mass is 402 g/mol. The number of ether oxygens (including phenoxy) is 2. The fourth-order valence-electron chi connectivity index (χ4n) is 3.23. The highest BCUT2D eigenvalue weighted by Crippen LogP contribution is 2.34. The summed E-state index contributed by atoms with van der Waals surface area (Å²) >= 11 is 0. The lowest BCUT2D eigenvalue weighted by atomic mass is 10.0. The summed E-state index contributed by atoms with van der Waals surface area (Å²) in [5, 5.41) is 0. The Bertz CT molecular complexity index is 1130. The van der Waals surface area contributed by atoms with E-state index in [9.17, 15) is 14.0 Å². The number of halogens is 1. The molecule has 0 unspecified atom stereocenters. The number of carbonyl (C=O) groups excluding carboxylic acids is 2. The molecule has 150 valence electrons. The topological polar surface area (TPSA) is 52.6 Å². The van der Waals surface area contributed by atoms with E-state index in [1.807, 2.05) is 31.2 Å². The molecule has 0 radical (unpaired) electrons. The Morgan fingerprint density at radius 3 is 2.47 bits per heavy atom. The van der Waals surface area contributed by atoms with Crippen LogP contribution in [0.5, 0.6) is 11.5 Å². The van der Waals surface area contributed by atoms with Gasteiger partial charge in [-0.25, -0.2) is 4.39 Å². The van der Waals surface area contributed by atoms with E-state index in [4.69, 9.17) is 9.47 Å². The van der Waals surface area contributed by atoms with Gasteiger partial charge in [-0.3, -0.25) is 9.59 Å². The molecule has 4 nitrogen and oxygen atoms in total. The Morgan fingerprint density at radius 2 is 1.77 bits per heavy atom. The third kappa shape index (κ3) is 4.15. The molecule has 0 saturated heterocycles. The number of hydrogen-bond donors (Lipinski definition) is 0. The molecule has 1 aliphatic heterocycles. The van der Waals surface area contributed by atoms with E-state index >= 15 is 0 Å². The number of rotatable bonds is 6. The second kappa shape index (κ2) is 8.33. The van der Waals surface area contributed by atoms with Gasteiger partial charge in [0.1, 0.15) is 17.3 Å². The SMILES string of the molecule is CCOc1ccc2c(c1)O/C(=C\c1ccc(CC(=O)c3ccc(F)cc3)cc1)C2=O. The highest BCUT2D eigenvalue weighted by atomic mass is 19.1. The molecule has 1 aliphatic rings. The average Bonchev–Trinajstić information content (AvgIpc) is 3.05. The molecule has 4 rings (SSSR count). The van der Waals surface area contributed by atoms with Gasteiger partial charge in [0.25, 0.3) is 0 Å². The number of carbonyl (C=O) groups is 2. The summed E-state index contributed by atoms with van der Waals surface area (Å²) in [6.45, 7) is 2.42. The van der Waals surface area contributed by atoms with E-state index < -0.39 is 0 Å². The summed E-state index contributed by atoms with van der Waals surface area (Å²) in [5.74, 6) is 0.747. The lowest BCUT2D eigenvalue weighted by Gasteiger charge is -2.04. The highest BCUT2D eigenvalue weighted by Gasteiger charge is 2.27. The van der Waals surface area contributed by atoms with Gasteiger partial charge in [-0.1, -0.05) is 24.3 Å². The Morgan fingerprint density at radius 1 is 1.03 bits per heavy atom. The summed E-state index contributed by atoms with van der Waals surface area (Å²) in [4.78, 5) is 24.9. The van der Waals surface area contributed by atoms with Crippen LogP contribution in [0.3, 0.4) is 0 Å². The van der Waals surface area contributed by atoms with Gasteiger partial charge in [0.2, 0.25) is 5.78 Å². The number of allylic oxidation sites excluding steroid dienone is 1. The molecule has 1 heterocycles. The van der Waals surface area contributed by atoms with Crippen LogP contribution in [0.15, 0.2) is 72.5 Å². The lowest BCUT2D eigenvalue weighted by molar-refractivity contribution is 0.0990. The van der Waals surface area contributed by atoms with Gasteiger partial charge in [-0.15, -0.1) is 0 Å². The predicted octanol–water partition coefficient (Wildman–Crippen LogP) is 5.27. The molecule has 0 saturated carbocycles. The van der Waals surface area contributed by atoms with Crippen molar-refractivity contribution in [2.75, 3.05) is 6.61 Å². The number of benzene rings is 3. The number of fused-ring (bicyclic) bond motifs is 1. The third-order valence-corrected chi connectivity index (χ3v) is 4.76. The van der Waals surface area contributed by atoms with E-state index in [-0.39, 0.29) is 29.6 Å². The van der Waals surface area contributed by atoms with Crippen molar-refractivity contribution >= 4 is 17.6 Å². The molecular weight excluding hydrogens is 383 g/mol. The van der Waals surface area contributed by atoms with Crippen LogP contribution in [0.2, 0.25) is 0 Å². The molecule has 3 aromatic carbocycles. The molecule has 0 aromatic heterocycles. The van der Waals surface area contributed by atoms with Crippen molar-refractivity contribution in [3.05, 3.63) is 101 Å². The van der Waals surface area contributed by atoms with Crippen molar-refractivity contribution in [3.8, 4) is 11.5 Å². The van der Waals surface area contributed by atoms with Crippen LogP contribution in [0.4, 0.5) is 4.39 Å². The van der Waals surface area contributed by atoms with E-state index in [1.165, 1.54) is 24.3 Å². The number of Topliss-reactive ketones (excluding diaryl/α,β-unsaturated/α-hetero) is 2. The van der Waals surface area contributed by atoms with Crippen LogP contribution in [0, 0.1) is 5.82 Å². The molecule has 30 heavy (non-hydrogen) atoms. The fourth-order valence-corrected chi connectivity index (χ4v) is 3.23. The number of ketones is 2. The van der Waals surface area contributed by atoms with Gasteiger partial charge in [-0.2, -0.15) is 0 Å². The molecule has 0 bridgehead atoms. The first-order chi connectivity index (χ1) is 14.5. The largest absolute Gasteiger partial charge is 0.494 e. The molecule has 0 atom stereocenters. The smallest absolute Gasteiger partial charge is 0.231 e. The quantitative estimate of drug-likeness (QED) is 0.417. The van der Waals surface area contributed by atoms with Crippen LogP contribution in [0.25, 0.3) is 6.08 Å². The predicted molar refractivity (Wildman–Crippen MR) is 111 cm³/mol. The van der Waals surface area contributed by atoms with Crippen molar-refractivity contribution in [2.45, 2.75) is 13.3 Å². The van der Waals surface area contributed by atoms with Crippen LogP contribution in [-0.4, -0.2) is 18.2 Å². The molecule has 3 aromatic rings. The zero-order valence-electron chi connectivity index (χ0n) is 16.4. The van der Waals surface area contributed by atoms with Crippen LogP contribution in [0.1, 0.15) is 38.8 Å². The van der Waals surface area contributed by atoms with E-state index in [0.717, 1.165) is 11.1 Å². The van der Waals surface area contributed by atoms with Crippen molar-refractivity contribution in [1.82, 2.24) is 0 Å². The van der Waals surface area contributed by atoms with E-state index in [2.05, 4.69) is 0 Å². The summed E-state index contributed by atoms with van der Waals surface area (Å²) in [6, 6.07) is 18.0. The summed E-state index contributed by atoms with van der Waals surface area (Å²) in [6.07, 6.45) is 1.89. The maximum absolute atomic E-state index is 13.0. The first-order valence-corrected chi connectivity index (χ1v) is 9.62. The van der Waals surface area contributed by atoms with Crippen LogP contribution < -0.4 is 9.47 Å². The van der Waals surface area contributed by atoms with Gasteiger partial charge in [0.15, 0.2) is 11.5 Å². The van der Waals surface area contributed by atoms with Crippen molar-refractivity contribution in [3.63, 3.8) is 0 Å². The number of hydrogen-bond acceptors (Lipinski definition) is 4. The third-order valence-electron chi connectivity index (χ3n) is 4.76. The van der Waals surface area contributed by atoms with Crippen LogP contribution >= 0.6 is 0 Å². The second-order valence-electron chi connectivity index (χ2n) is 6.88. The Labute approximate surface area is 173 Å². The molecule has 0 amide bonds. The van der Waals surface area contributed by atoms with Crippen LogP contribution in [-0.2, 0) is 6.42 Å². The van der Waals surface area contributed by atoms with Gasteiger partial charge < -0.3 is 9.47 Å². The Hall–Kier alpha value is -3.73. The molecular formula is C25H19FO4. The van der Waals surface area contributed by atoms with Gasteiger partial charge in [0, 0.05) is 18.1 Å². The van der Waals surface area contributed by atoms with Crippen molar-refractivity contribution in [1.29, 1.82) is 0 Å². The summed E-state index contributed by atoms with van der Waals surface area (Å²) in [7, 11) is 0. The maximum Gasteiger partial charge on any atom is 0.231 e. The van der Waals surface area contributed by atoms with E-state index in [1.54, 1.807) is 24.3 Å². The summed E-state index contributed by atoms with van der Waals surface area (Å²) in [5.41, 5.74) is 2.59. The Balaban J connectivity index is 1.46. The zero-order valence-corrected chi connectivity index (χ0v) is 16.4. The second-order valence-corrected chi connectivity index (χ2v) is 6.88. The standard InChI is InChI=1S/C25H19FO4/c1-2-29-20-11-12-21-23(15-20)30-24(25(21)28)14-17-5-3-16(4-6-17)13-22(27)18-7-9-19(26)10-8-18/h3-12,14-15H,2,13H2,1H3/b24-14-. The first-order valence-electron chi connectivity index (χ1n) is 9.62. The normalized spacial score (nSPS) is 13.8. The molecule has 0 spiro atoms. The molecule has 0 aliphatic carbocycles. The lowest BCUT2D eigenvalue weighted by Crippen LogP contribution is -2.03. The Kier molecular flexibility index (Phi) is 5.44. The van der Waals surface area contributed by atoms with Gasteiger partial charge >= 0.3 is 0 Å². The van der Waals surface area contributed by atoms with Crippen molar-refractivity contribution < 1.29 is 23.5 Å². The average molecular weight is 402 g/mol.